The van der Waals surface area contributed by atoms with Gasteiger partial charge in [0.25, 0.3) is 0 Å². The maximum absolute atomic E-state index is 10.6. The third-order valence-corrected chi connectivity index (χ3v) is 3.91. The van der Waals surface area contributed by atoms with Crippen LogP contribution in [-0.2, 0) is 5.60 Å². The Labute approximate surface area is 103 Å². The molecule has 1 heterocycles. The lowest BCUT2D eigenvalue weighted by Crippen LogP contribution is -2.35. The monoisotopic (exact) mass is 253 g/mol. The van der Waals surface area contributed by atoms with Gasteiger partial charge in [-0.15, -0.1) is 11.3 Å². The summed E-state index contributed by atoms with van der Waals surface area (Å²) in [5.74, 6) is 0. The first-order valence-corrected chi connectivity index (χ1v) is 6.10. The summed E-state index contributed by atoms with van der Waals surface area (Å²) in [5.41, 5.74) is 5.34. The van der Waals surface area contributed by atoms with E-state index in [0.717, 1.165) is 10.4 Å². The summed E-state index contributed by atoms with van der Waals surface area (Å²) >= 11 is 7.23. The Balaban J connectivity index is 2.48. The minimum absolute atomic E-state index is 0.133. The molecule has 3 N–H and O–H groups in total. The van der Waals surface area contributed by atoms with Gasteiger partial charge < -0.3 is 10.8 Å². The van der Waals surface area contributed by atoms with Crippen molar-refractivity contribution in [3.63, 3.8) is 0 Å². The van der Waals surface area contributed by atoms with Gasteiger partial charge >= 0.3 is 0 Å². The Kier molecular flexibility index (Phi) is 3.30. The predicted molar refractivity (Wildman–Crippen MR) is 67.8 cm³/mol. The molecular weight excluding hydrogens is 242 g/mol. The molecule has 0 spiro atoms. The molecule has 0 aliphatic heterocycles. The van der Waals surface area contributed by atoms with E-state index in [0.29, 0.717) is 4.34 Å². The molecule has 1 unspecified atom stereocenters. The first-order valence-electron chi connectivity index (χ1n) is 4.90. The number of benzene rings is 1. The molecule has 0 amide bonds. The third-order valence-electron chi connectivity index (χ3n) is 2.53. The van der Waals surface area contributed by atoms with E-state index in [2.05, 4.69) is 0 Å². The summed E-state index contributed by atoms with van der Waals surface area (Å²) in [6.07, 6.45) is 0. The molecule has 4 heteroatoms. The van der Waals surface area contributed by atoms with E-state index >= 15 is 0 Å². The van der Waals surface area contributed by atoms with Crippen molar-refractivity contribution in [2.75, 3.05) is 6.54 Å². The van der Waals surface area contributed by atoms with Crippen molar-refractivity contribution >= 4 is 22.9 Å². The molecule has 1 aromatic heterocycles. The minimum atomic E-state index is -1.14. The first-order chi connectivity index (χ1) is 7.66. The number of thiophene rings is 1. The molecule has 0 aliphatic rings. The highest BCUT2D eigenvalue weighted by molar-refractivity contribution is 7.16. The molecular formula is C12H12ClNOS. The smallest absolute Gasteiger partial charge is 0.136 e. The van der Waals surface area contributed by atoms with Gasteiger partial charge in [-0.05, 0) is 17.7 Å². The molecule has 0 radical (unpaired) electrons. The van der Waals surface area contributed by atoms with E-state index in [9.17, 15) is 5.11 Å². The van der Waals surface area contributed by atoms with Gasteiger partial charge in [-0.25, -0.2) is 0 Å². The van der Waals surface area contributed by atoms with Crippen molar-refractivity contribution in [2.45, 2.75) is 5.60 Å². The number of aliphatic hydroxyl groups is 1. The van der Waals surface area contributed by atoms with Crippen molar-refractivity contribution < 1.29 is 5.11 Å². The fourth-order valence-electron chi connectivity index (χ4n) is 1.61. The lowest BCUT2D eigenvalue weighted by atomic mass is 9.92. The van der Waals surface area contributed by atoms with Crippen molar-refractivity contribution in [2.24, 2.45) is 5.73 Å². The van der Waals surface area contributed by atoms with Crippen LogP contribution in [-0.4, -0.2) is 11.7 Å². The van der Waals surface area contributed by atoms with Crippen molar-refractivity contribution in [1.82, 2.24) is 0 Å². The van der Waals surface area contributed by atoms with Crippen molar-refractivity contribution in [3.8, 4) is 0 Å². The van der Waals surface area contributed by atoms with Crippen LogP contribution in [0.2, 0.25) is 4.34 Å². The van der Waals surface area contributed by atoms with Gasteiger partial charge in [0.05, 0.1) is 4.34 Å². The lowest BCUT2D eigenvalue weighted by molar-refractivity contribution is 0.0941. The second-order valence-electron chi connectivity index (χ2n) is 3.53. The summed E-state index contributed by atoms with van der Waals surface area (Å²) in [7, 11) is 0. The van der Waals surface area contributed by atoms with Crippen LogP contribution in [0.25, 0.3) is 0 Å². The van der Waals surface area contributed by atoms with Gasteiger partial charge in [-0.2, -0.15) is 0 Å². The quantitative estimate of drug-likeness (QED) is 0.883. The van der Waals surface area contributed by atoms with Gasteiger partial charge in [-0.1, -0.05) is 41.9 Å². The molecule has 1 aromatic carbocycles. The van der Waals surface area contributed by atoms with Gasteiger partial charge in [0.1, 0.15) is 5.60 Å². The zero-order chi connectivity index (χ0) is 11.6. The molecule has 84 valence electrons. The predicted octanol–water partition coefficient (Wildman–Crippen LogP) is 2.60. The van der Waals surface area contributed by atoms with Gasteiger partial charge in [0.2, 0.25) is 0 Å². The molecule has 2 rings (SSSR count). The average Bonchev–Trinajstić information content (AvgIpc) is 2.76. The molecule has 0 bridgehead atoms. The Bertz CT molecular complexity index is 471. The van der Waals surface area contributed by atoms with Gasteiger partial charge in [0.15, 0.2) is 0 Å². The fourth-order valence-corrected chi connectivity index (χ4v) is 2.78. The first kappa shape index (κ1) is 11.6. The molecule has 16 heavy (non-hydrogen) atoms. The highest BCUT2D eigenvalue weighted by atomic mass is 35.5. The number of halogens is 1. The summed E-state index contributed by atoms with van der Waals surface area (Å²) in [5, 5.41) is 10.6. The molecule has 2 nitrogen and oxygen atoms in total. The topological polar surface area (TPSA) is 46.2 Å². The minimum Gasteiger partial charge on any atom is -0.378 e. The zero-order valence-corrected chi connectivity index (χ0v) is 10.1. The normalized spacial score (nSPS) is 14.7. The molecule has 0 saturated carbocycles. The highest BCUT2D eigenvalue weighted by Gasteiger charge is 2.31. The number of rotatable bonds is 3. The number of hydrogen-bond acceptors (Lipinski definition) is 3. The Morgan fingerprint density at radius 1 is 1.19 bits per heavy atom. The van der Waals surface area contributed by atoms with Gasteiger partial charge in [0, 0.05) is 11.4 Å². The summed E-state index contributed by atoms with van der Waals surface area (Å²) in [6, 6.07) is 13.0. The second-order valence-corrected chi connectivity index (χ2v) is 5.25. The van der Waals surface area contributed by atoms with Crippen LogP contribution >= 0.6 is 22.9 Å². The Morgan fingerprint density at radius 3 is 2.38 bits per heavy atom. The SMILES string of the molecule is NCC(O)(c1ccccc1)c1ccc(Cl)s1. The fraction of sp³-hybridized carbons (Fsp3) is 0.167. The van der Waals surface area contributed by atoms with Crippen LogP contribution in [0.5, 0.6) is 0 Å². The number of hydrogen-bond donors (Lipinski definition) is 2. The molecule has 1 atom stereocenters. The summed E-state index contributed by atoms with van der Waals surface area (Å²) in [4.78, 5) is 0.770. The van der Waals surface area contributed by atoms with Crippen molar-refractivity contribution in [1.29, 1.82) is 0 Å². The highest BCUT2D eigenvalue weighted by Crippen LogP contribution is 2.35. The second kappa shape index (κ2) is 4.55. The van der Waals surface area contributed by atoms with Crippen LogP contribution in [0.4, 0.5) is 0 Å². The van der Waals surface area contributed by atoms with E-state index in [-0.39, 0.29) is 6.54 Å². The summed E-state index contributed by atoms with van der Waals surface area (Å²) < 4.78 is 0.651. The molecule has 2 aromatic rings. The zero-order valence-electron chi connectivity index (χ0n) is 8.56. The van der Waals surface area contributed by atoms with E-state index in [1.54, 1.807) is 6.07 Å². The third kappa shape index (κ3) is 1.99. The van der Waals surface area contributed by atoms with E-state index in [1.165, 1.54) is 11.3 Å². The van der Waals surface area contributed by atoms with Crippen LogP contribution in [0.15, 0.2) is 42.5 Å². The molecule has 0 fully saturated rings. The van der Waals surface area contributed by atoms with Crippen LogP contribution < -0.4 is 5.73 Å². The summed E-state index contributed by atoms with van der Waals surface area (Å²) in [6.45, 7) is 0.133. The maximum Gasteiger partial charge on any atom is 0.136 e. The van der Waals surface area contributed by atoms with Crippen LogP contribution in [0.1, 0.15) is 10.4 Å². The van der Waals surface area contributed by atoms with Crippen molar-refractivity contribution in [3.05, 3.63) is 57.2 Å². The van der Waals surface area contributed by atoms with E-state index in [4.69, 9.17) is 17.3 Å². The molecule has 0 saturated heterocycles. The lowest BCUT2D eigenvalue weighted by Gasteiger charge is -2.25. The largest absolute Gasteiger partial charge is 0.378 e. The molecule has 0 aliphatic carbocycles. The standard InChI is InChI=1S/C12H12ClNOS/c13-11-7-6-10(16-11)12(15,8-14)9-4-2-1-3-5-9/h1-7,15H,8,14H2. The average molecular weight is 254 g/mol. The Morgan fingerprint density at radius 2 is 1.88 bits per heavy atom. The number of nitrogens with two attached hydrogens (primary N) is 1. The Hall–Kier alpha value is -0.870. The van der Waals surface area contributed by atoms with E-state index in [1.807, 2.05) is 36.4 Å². The maximum atomic E-state index is 10.6. The van der Waals surface area contributed by atoms with Crippen LogP contribution in [0.3, 0.4) is 0 Å². The van der Waals surface area contributed by atoms with Gasteiger partial charge in [-0.3, -0.25) is 0 Å². The van der Waals surface area contributed by atoms with E-state index < -0.39 is 5.60 Å². The van der Waals surface area contributed by atoms with Crippen LogP contribution in [0, 0.1) is 0 Å².